The predicted molar refractivity (Wildman–Crippen MR) is 92.8 cm³/mol. The van der Waals surface area contributed by atoms with Crippen molar-refractivity contribution in [2.75, 3.05) is 19.3 Å². The fraction of sp³-hybridized carbons (Fsp3) is 0.375. The van der Waals surface area contributed by atoms with Crippen LogP contribution in [-0.2, 0) is 10.1 Å². The van der Waals surface area contributed by atoms with E-state index in [4.69, 9.17) is 9.92 Å². The van der Waals surface area contributed by atoms with Gasteiger partial charge in [0.25, 0.3) is 5.91 Å². The largest absolute Gasteiger partial charge is 0.382 e. The van der Waals surface area contributed by atoms with Gasteiger partial charge in [0.2, 0.25) is 0 Å². The number of para-hydroxylation sites is 1. The Labute approximate surface area is 146 Å². The molecule has 134 valence electrons. The van der Waals surface area contributed by atoms with Crippen molar-refractivity contribution >= 4 is 16.0 Å². The molecule has 1 aliphatic heterocycles. The summed E-state index contributed by atoms with van der Waals surface area (Å²) in [7, 11) is -3.68. The summed E-state index contributed by atoms with van der Waals surface area (Å²) in [6.45, 7) is 1.70. The van der Waals surface area contributed by atoms with Crippen molar-refractivity contribution in [2.24, 2.45) is 5.73 Å². The van der Waals surface area contributed by atoms with E-state index < -0.39 is 16.0 Å². The Morgan fingerprint density at radius 2 is 2.00 bits per heavy atom. The van der Waals surface area contributed by atoms with Gasteiger partial charge < -0.3 is 19.8 Å². The van der Waals surface area contributed by atoms with Gasteiger partial charge in [0.15, 0.2) is 11.6 Å². The van der Waals surface area contributed by atoms with Gasteiger partial charge in [-0.3, -0.25) is 4.79 Å². The number of carbonyl (C=O) groups is 1. The lowest BCUT2D eigenvalue weighted by atomic mass is 10.1. The zero-order valence-electron chi connectivity index (χ0n) is 13.8. The second-order valence-electron chi connectivity index (χ2n) is 5.99. The summed E-state index contributed by atoms with van der Waals surface area (Å²) in [5, 5.41) is 3.27. The zero-order chi connectivity index (χ0) is 18.0. The third-order valence-corrected chi connectivity index (χ3v) is 4.54. The molecule has 0 spiro atoms. The molecule has 0 bridgehead atoms. The molecule has 1 aromatic carbocycles. The Balaban J connectivity index is 2.05. The highest BCUT2D eigenvalue weighted by Gasteiger charge is 2.23. The van der Waals surface area contributed by atoms with Crippen molar-refractivity contribution in [3.63, 3.8) is 0 Å². The molecule has 3 N–H and O–H groups in total. The molecule has 2 heterocycles. The van der Waals surface area contributed by atoms with Crippen molar-refractivity contribution in [1.82, 2.24) is 14.9 Å². The minimum atomic E-state index is -3.68. The number of rotatable bonds is 5. The molecule has 1 aliphatic rings. The van der Waals surface area contributed by atoms with E-state index in [0.717, 1.165) is 32.2 Å². The lowest BCUT2D eigenvalue weighted by molar-refractivity contribution is 0.0982. The molecule has 0 aliphatic carbocycles. The first kappa shape index (κ1) is 17.4. The van der Waals surface area contributed by atoms with Crippen molar-refractivity contribution in [3.05, 3.63) is 36.3 Å². The number of aromatic nitrogens is 2. The normalized spacial score (nSPS) is 15.9. The number of imidazole rings is 1. The molecule has 1 saturated heterocycles. The Morgan fingerprint density at radius 1 is 1.32 bits per heavy atom. The molecular formula is C16H20N4O4S. The van der Waals surface area contributed by atoms with E-state index >= 15 is 0 Å². The Bertz CT molecular complexity index is 885. The van der Waals surface area contributed by atoms with Crippen LogP contribution in [0.15, 0.2) is 30.5 Å². The van der Waals surface area contributed by atoms with Gasteiger partial charge in [0.05, 0.1) is 11.9 Å². The topological polar surface area (TPSA) is 116 Å². The molecule has 0 atom stereocenters. The zero-order valence-corrected chi connectivity index (χ0v) is 14.6. The predicted octanol–water partition coefficient (Wildman–Crippen LogP) is 0.912. The van der Waals surface area contributed by atoms with Crippen LogP contribution in [0.3, 0.4) is 0 Å². The molecule has 1 fully saturated rings. The Kier molecular flexibility index (Phi) is 4.78. The highest BCUT2D eigenvalue weighted by Crippen LogP contribution is 2.32. The first-order valence-corrected chi connectivity index (χ1v) is 9.75. The van der Waals surface area contributed by atoms with E-state index in [1.54, 1.807) is 35.0 Å². The van der Waals surface area contributed by atoms with Crippen LogP contribution in [-0.4, -0.2) is 43.2 Å². The van der Waals surface area contributed by atoms with Crippen LogP contribution in [0.25, 0.3) is 11.3 Å². The summed E-state index contributed by atoms with van der Waals surface area (Å²) >= 11 is 0. The molecule has 9 heteroatoms. The number of nitrogens with one attached hydrogen (secondary N) is 1. The second-order valence-corrected chi connectivity index (χ2v) is 7.56. The number of carbonyl (C=O) groups excluding carboxylic acids is 1. The van der Waals surface area contributed by atoms with Crippen LogP contribution >= 0.6 is 0 Å². The number of hydrogen-bond acceptors (Lipinski definition) is 6. The van der Waals surface area contributed by atoms with E-state index in [2.05, 4.69) is 10.3 Å². The van der Waals surface area contributed by atoms with E-state index in [1.807, 2.05) is 0 Å². The van der Waals surface area contributed by atoms with Gasteiger partial charge in [-0.15, -0.1) is 0 Å². The minimum absolute atomic E-state index is 0.119. The monoisotopic (exact) mass is 364 g/mol. The molecule has 25 heavy (non-hydrogen) atoms. The number of benzene rings is 1. The molecule has 8 nitrogen and oxygen atoms in total. The van der Waals surface area contributed by atoms with Gasteiger partial charge in [0.1, 0.15) is 0 Å². The van der Waals surface area contributed by atoms with Crippen molar-refractivity contribution in [2.45, 2.75) is 18.9 Å². The van der Waals surface area contributed by atoms with Gasteiger partial charge >= 0.3 is 10.1 Å². The van der Waals surface area contributed by atoms with E-state index in [0.29, 0.717) is 11.3 Å². The van der Waals surface area contributed by atoms with Crippen molar-refractivity contribution < 1.29 is 17.4 Å². The van der Waals surface area contributed by atoms with Crippen LogP contribution in [0.4, 0.5) is 0 Å². The molecule has 3 rings (SSSR count). The standard InChI is InChI=1S/C16H20N4O4S/c1-25(22,23)24-14-5-3-2-4-12(14)13-10-20(16(19-13)15(17)21)11-6-8-18-9-7-11/h2-5,10-11,18H,6-9H2,1H3,(H2,17,21). The lowest BCUT2D eigenvalue weighted by Gasteiger charge is -2.24. The highest BCUT2D eigenvalue weighted by molar-refractivity contribution is 7.86. The average molecular weight is 364 g/mol. The first-order valence-electron chi connectivity index (χ1n) is 7.93. The number of primary amides is 1. The lowest BCUT2D eigenvalue weighted by Crippen LogP contribution is -2.31. The van der Waals surface area contributed by atoms with Gasteiger partial charge in [0, 0.05) is 17.8 Å². The van der Waals surface area contributed by atoms with Gasteiger partial charge in [-0.05, 0) is 38.1 Å². The Hall–Kier alpha value is -2.39. The number of amides is 1. The number of nitrogens with two attached hydrogens (primary N) is 1. The summed E-state index contributed by atoms with van der Waals surface area (Å²) in [6.07, 6.45) is 4.43. The molecular weight excluding hydrogens is 344 g/mol. The number of piperidine rings is 1. The maximum Gasteiger partial charge on any atom is 0.306 e. The third-order valence-electron chi connectivity index (χ3n) is 4.06. The second kappa shape index (κ2) is 6.85. The minimum Gasteiger partial charge on any atom is -0.382 e. The smallest absolute Gasteiger partial charge is 0.306 e. The highest BCUT2D eigenvalue weighted by atomic mass is 32.2. The summed E-state index contributed by atoms with van der Waals surface area (Å²) < 4.78 is 29.8. The summed E-state index contributed by atoms with van der Waals surface area (Å²) in [5.41, 5.74) is 6.43. The summed E-state index contributed by atoms with van der Waals surface area (Å²) in [5.74, 6) is -0.293. The van der Waals surface area contributed by atoms with E-state index in [-0.39, 0.29) is 17.6 Å². The fourth-order valence-corrected chi connectivity index (χ4v) is 3.45. The molecule has 0 unspecified atom stereocenters. The van der Waals surface area contributed by atoms with Gasteiger partial charge in [-0.2, -0.15) is 8.42 Å². The van der Waals surface area contributed by atoms with Crippen molar-refractivity contribution in [3.8, 4) is 17.0 Å². The molecule has 1 aromatic heterocycles. The quantitative estimate of drug-likeness (QED) is 0.762. The van der Waals surface area contributed by atoms with Gasteiger partial charge in [-0.25, -0.2) is 4.98 Å². The SMILES string of the molecule is CS(=O)(=O)Oc1ccccc1-c1cn(C2CCNCC2)c(C(N)=O)n1. The average Bonchev–Trinajstić information content (AvgIpc) is 3.00. The third kappa shape index (κ3) is 3.99. The fourth-order valence-electron chi connectivity index (χ4n) is 2.98. The van der Waals surface area contributed by atoms with E-state index in [9.17, 15) is 13.2 Å². The first-order chi connectivity index (χ1) is 11.8. The summed E-state index contributed by atoms with van der Waals surface area (Å²) in [4.78, 5) is 16.2. The molecule has 0 radical (unpaired) electrons. The van der Waals surface area contributed by atoms with Crippen LogP contribution in [0.5, 0.6) is 5.75 Å². The van der Waals surface area contributed by atoms with Crippen LogP contribution < -0.4 is 15.2 Å². The number of hydrogen-bond donors (Lipinski definition) is 2. The van der Waals surface area contributed by atoms with Crippen LogP contribution in [0, 0.1) is 0 Å². The molecule has 0 saturated carbocycles. The van der Waals surface area contributed by atoms with E-state index in [1.165, 1.54) is 0 Å². The van der Waals surface area contributed by atoms with Crippen LogP contribution in [0.2, 0.25) is 0 Å². The van der Waals surface area contributed by atoms with Crippen LogP contribution in [0.1, 0.15) is 29.5 Å². The number of nitrogens with zero attached hydrogens (tertiary/aromatic N) is 2. The maximum absolute atomic E-state index is 11.8. The van der Waals surface area contributed by atoms with Gasteiger partial charge in [-0.1, -0.05) is 12.1 Å². The Morgan fingerprint density at radius 3 is 2.64 bits per heavy atom. The maximum atomic E-state index is 11.8. The molecule has 1 amide bonds. The molecule has 2 aromatic rings. The van der Waals surface area contributed by atoms with Crippen molar-refractivity contribution in [1.29, 1.82) is 0 Å². The summed E-state index contributed by atoms with van der Waals surface area (Å²) in [6, 6.07) is 6.78.